The van der Waals surface area contributed by atoms with Gasteiger partial charge in [0.1, 0.15) is 0 Å². The van der Waals surface area contributed by atoms with E-state index in [2.05, 4.69) is 49.2 Å². The fraction of sp³-hybridized carbons (Fsp3) is 0.667. The molecule has 0 saturated heterocycles. The molecule has 1 N–H and O–H groups in total. The molecule has 2 heteroatoms. The van der Waals surface area contributed by atoms with Crippen molar-refractivity contribution in [1.82, 2.24) is 5.32 Å². The summed E-state index contributed by atoms with van der Waals surface area (Å²) in [7, 11) is -1.21. The van der Waals surface area contributed by atoms with E-state index >= 15 is 0 Å². The molecule has 0 unspecified atom stereocenters. The normalized spacial score (nSPS) is 17.4. The van der Waals surface area contributed by atoms with Gasteiger partial charge in [-0.1, -0.05) is 81.2 Å². The van der Waals surface area contributed by atoms with Crippen LogP contribution in [-0.2, 0) is 6.54 Å². The first-order valence-electron chi connectivity index (χ1n) is 8.36. The standard InChI is InChI=1S/C18H31NSi/c1-20(2,3)18-12-8-7-11-17(18)15-19-14-13-16-9-5-4-6-10-16/h7-8,11-12,16,19H,4-6,9-10,13-15H2,1-3H3. The van der Waals surface area contributed by atoms with Crippen LogP contribution in [0.15, 0.2) is 24.3 Å². The Morgan fingerprint density at radius 3 is 2.45 bits per heavy atom. The predicted octanol–water partition coefficient (Wildman–Crippen LogP) is 4.29. The van der Waals surface area contributed by atoms with Crippen molar-refractivity contribution >= 4 is 13.3 Å². The molecule has 1 aromatic carbocycles. The van der Waals surface area contributed by atoms with E-state index in [0.717, 1.165) is 12.5 Å². The van der Waals surface area contributed by atoms with E-state index in [4.69, 9.17) is 0 Å². The molecule has 2 rings (SSSR count). The van der Waals surface area contributed by atoms with E-state index < -0.39 is 8.07 Å². The average molecular weight is 290 g/mol. The van der Waals surface area contributed by atoms with E-state index in [9.17, 15) is 0 Å². The molecule has 1 nitrogen and oxygen atoms in total. The van der Waals surface area contributed by atoms with Gasteiger partial charge in [0.25, 0.3) is 0 Å². The van der Waals surface area contributed by atoms with Gasteiger partial charge in [-0.2, -0.15) is 0 Å². The summed E-state index contributed by atoms with van der Waals surface area (Å²) in [6.45, 7) is 9.55. The molecule has 0 aromatic heterocycles. The largest absolute Gasteiger partial charge is 0.313 e. The number of nitrogens with one attached hydrogen (secondary N) is 1. The first-order chi connectivity index (χ1) is 9.57. The van der Waals surface area contributed by atoms with Crippen LogP contribution in [0.4, 0.5) is 0 Å². The summed E-state index contributed by atoms with van der Waals surface area (Å²) < 4.78 is 0. The molecule has 0 amide bonds. The highest BCUT2D eigenvalue weighted by Crippen LogP contribution is 2.25. The van der Waals surface area contributed by atoms with Crippen LogP contribution < -0.4 is 10.5 Å². The maximum absolute atomic E-state index is 3.68. The Kier molecular flexibility index (Phi) is 5.85. The maximum atomic E-state index is 3.68. The van der Waals surface area contributed by atoms with Gasteiger partial charge < -0.3 is 5.32 Å². The summed E-state index contributed by atoms with van der Waals surface area (Å²) >= 11 is 0. The third-order valence-corrected chi connectivity index (χ3v) is 6.70. The molecular formula is C18H31NSi. The van der Waals surface area contributed by atoms with Crippen molar-refractivity contribution in [3.8, 4) is 0 Å². The Labute approximate surface area is 126 Å². The van der Waals surface area contributed by atoms with Crippen molar-refractivity contribution in [2.75, 3.05) is 6.54 Å². The lowest BCUT2D eigenvalue weighted by Crippen LogP contribution is -2.41. The summed E-state index contributed by atoms with van der Waals surface area (Å²) in [6.07, 6.45) is 8.69. The first kappa shape index (κ1) is 15.8. The lowest BCUT2D eigenvalue weighted by molar-refractivity contribution is 0.334. The van der Waals surface area contributed by atoms with Gasteiger partial charge in [-0.15, -0.1) is 0 Å². The van der Waals surface area contributed by atoms with Crippen LogP contribution in [0.3, 0.4) is 0 Å². The molecule has 0 atom stereocenters. The van der Waals surface area contributed by atoms with Crippen LogP contribution in [0.1, 0.15) is 44.1 Å². The molecule has 1 aliphatic carbocycles. The summed E-state index contributed by atoms with van der Waals surface area (Å²) in [5, 5.41) is 5.30. The molecule has 0 bridgehead atoms. The van der Waals surface area contributed by atoms with Gasteiger partial charge in [-0.25, -0.2) is 0 Å². The highest BCUT2D eigenvalue weighted by molar-refractivity contribution is 6.89. The molecule has 1 fully saturated rings. The van der Waals surface area contributed by atoms with Crippen LogP contribution in [0, 0.1) is 5.92 Å². The minimum Gasteiger partial charge on any atom is -0.313 e. The highest BCUT2D eigenvalue weighted by atomic mass is 28.3. The fourth-order valence-electron chi connectivity index (χ4n) is 3.41. The van der Waals surface area contributed by atoms with Crippen LogP contribution in [0.25, 0.3) is 0 Å². The Hall–Kier alpha value is -0.603. The molecule has 0 radical (unpaired) electrons. The smallest absolute Gasteiger partial charge is 0.0780 e. The van der Waals surface area contributed by atoms with Gasteiger partial charge in [0.05, 0.1) is 8.07 Å². The maximum Gasteiger partial charge on any atom is 0.0780 e. The molecule has 0 aliphatic heterocycles. The SMILES string of the molecule is C[Si](C)(C)c1ccccc1CNCCC1CCCCC1. The minimum atomic E-state index is -1.21. The lowest BCUT2D eigenvalue weighted by atomic mass is 9.87. The summed E-state index contributed by atoms with van der Waals surface area (Å²) in [6, 6.07) is 9.02. The fourth-order valence-corrected chi connectivity index (χ4v) is 5.14. The van der Waals surface area contributed by atoms with Gasteiger partial charge in [-0.3, -0.25) is 0 Å². The van der Waals surface area contributed by atoms with Crippen molar-refractivity contribution in [2.24, 2.45) is 5.92 Å². The zero-order valence-corrected chi connectivity index (χ0v) is 14.5. The Bertz CT molecular complexity index is 402. The van der Waals surface area contributed by atoms with Crippen molar-refractivity contribution in [2.45, 2.75) is 64.7 Å². The van der Waals surface area contributed by atoms with E-state index in [1.54, 1.807) is 5.19 Å². The first-order valence-corrected chi connectivity index (χ1v) is 11.9. The molecule has 1 aromatic rings. The van der Waals surface area contributed by atoms with Gasteiger partial charge in [0.15, 0.2) is 0 Å². The molecule has 20 heavy (non-hydrogen) atoms. The van der Waals surface area contributed by atoms with Gasteiger partial charge in [-0.05, 0) is 24.4 Å². The summed E-state index contributed by atoms with van der Waals surface area (Å²) in [5.41, 5.74) is 1.52. The Morgan fingerprint density at radius 2 is 1.75 bits per heavy atom. The third-order valence-electron chi connectivity index (χ3n) is 4.59. The minimum absolute atomic E-state index is 0.989. The summed E-state index contributed by atoms with van der Waals surface area (Å²) in [5.74, 6) is 0.989. The van der Waals surface area contributed by atoms with E-state index in [-0.39, 0.29) is 0 Å². The van der Waals surface area contributed by atoms with Crippen LogP contribution in [0.5, 0.6) is 0 Å². The van der Waals surface area contributed by atoms with Crippen LogP contribution in [0.2, 0.25) is 19.6 Å². The monoisotopic (exact) mass is 289 g/mol. The number of hydrogen-bond acceptors (Lipinski definition) is 1. The van der Waals surface area contributed by atoms with Crippen LogP contribution >= 0.6 is 0 Å². The molecule has 0 heterocycles. The highest BCUT2D eigenvalue weighted by Gasteiger charge is 2.19. The zero-order valence-electron chi connectivity index (χ0n) is 13.5. The molecular weight excluding hydrogens is 258 g/mol. The van der Waals surface area contributed by atoms with E-state index in [1.807, 2.05) is 0 Å². The van der Waals surface area contributed by atoms with E-state index in [0.29, 0.717) is 0 Å². The van der Waals surface area contributed by atoms with Gasteiger partial charge in [0, 0.05) is 6.54 Å². The number of benzene rings is 1. The molecule has 1 aliphatic rings. The van der Waals surface area contributed by atoms with Crippen molar-refractivity contribution in [3.63, 3.8) is 0 Å². The van der Waals surface area contributed by atoms with Gasteiger partial charge in [0.2, 0.25) is 0 Å². The zero-order chi connectivity index (χ0) is 14.4. The van der Waals surface area contributed by atoms with Crippen LogP contribution in [-0.4, -0.2) is 14.6 Å². The Balaban J connectivity index is 1.79. The Morgan fingerprint density at radius 1 is 1.05 bits per heavy atom. The second-order valence-corrected chi connectivity index (χ2v) is 12.4. The third kappa shape index (κ3) is 4.74. The molecule has 0 spiro atoms. The topological polar surface area (TPSA) is 12.0 Å². The van der Waals surface area contributed by atoms with Gasteiger partial charge >= 0.3 is 0 Å². The molecule has 112 valence electrons. The quantitative estimate of drug-likeness (QED) is 0.608. The number of hydrogen-bond donors (Lipinski definition) is 1. The number of rotatable bonds is 6. The van der Waals surface area contributed by atoms with E-state index in [1.165, 1.54) is 50.6 Å². The predicted molar refractivity (Wildman–Crippen MR) is 92.3 cm³/mol. The van der Waals surface area contributed by atoms with Crippen molar-refractivity contribution < 1.29 is 0 Å². The lowest BCUT2D eigenvalue weighted by Gasteiger charge is -2.23. The second kappa shape index (κ2) is 7.42. The van der Waals surface area contributed by atoms with Crippen molar-refractivity contribution in [1.29, 1.82) is 0 Å². The molecule has 1 saturated carbocycles. The summed E-state index contributed by atoms with van der Waals surface area (Å²) in [4.78, 5) is 0. The average Bonchev–Trinajstić information content (AvgIpc) is 2.44. The van der Waals surface area contributed by atoms with Crippen molar-refractivity contribution in [3.05, 3.63) is 29.8 Å². The second-order valence-electron chi connectivity index (χ2n) is 7.38.